The van der Waals surface area contributed by atoms with Gasteiger partial charge >= 0.3 is 0 Å². The van der Waals surface area contributed by atoms with Crippen LogP contribution in [0.3, 0.4) is 0 Å². The summed E-state index contributed by atoms with van der Waals surface area (Å²) in [5.41, 5.74) is 0.192. The molecule has 0 aromatic heterocycles. The number of rotatable bonds is 1. The summed E-state index contributed by atoms with van der Waals surface area (Å²) in [6, 6.07) is 0.527. The van der Waals surface area contributed by atoms with Crippen LogP contribution in [0.4, 0.5) is 0 Å². The molecule has 1 aliphatic heterocycles. The van der Waals surface area contributed by atoms with E-state index >= 15 is 0 Å². The molecule has 1 fully saturated rings. The lowest BCUT2D eigenvalue weighted by Crippen LogP contribution is -2.46. The van der Waals surface area contributed by atoms with Crippen LogP contribution < -0.4 is 0 Å². The van der Waals surface area contributed by atoms with Crippen molar-refractivity contribution >= 4 is 5.91 Å². The molecule has 3 nitrogen and oxygen atoms in total. The van der Waals surface area contributed by atoms with Crippen molar-refractivity contribution in [3.8, 4) is 0 Å². The van der Waals surface area contributed by atoms with Gasteiger partial charge in [-0.05, 0) is 34.2 Å². The number of likely N-dealkylation sites (tertiary alicyclic amines) is 1. The molecule has 0 aliphatic carbocycles. The number of carbonyl (C=O) groups is 1. The number of carbonyl (C=O) groups excluding carboxylic acids is 1. The summed E-state index contributed by atoms with van der Waals surface area (Å²) in [6.45, 7) is 10.1. The molecule has 0 saturated carbocycles. The van der Waals surface area contributed by atoms with Crippen LogP contribution in [0.2, 0.25) is 0 Å². The first-order chi connectivity index (χ1) is 6.32. The lowest BCUT2D eigenvalue weighted by molar-refractivity contribution is -0.128. The topological polar surface area (TPSA) is 23.6 Å². The number of amides is 1. The summed E-state index contributed by atoms with van der Waals surface area (Å²) < 4.78 is 0. The molecule has 1 saturated heterocycles. The van der Waals surface area contributed by atoms with Gasteiger partial charge in [0, 0.05) is 31.6 Å². The summed E-state index contributed by atoms with van der Waals surface area (Å²) in [5.74, 6) is 0.204. The van der Waals surface area contributed by atoms with Crippen molar-refractivity contribution in [1.29, 1.82) is 0 Å². The zero-order valence-electron chi connectivity index (χ0n) is 10.0. The van der Waals surface area contributed by atoms with Gasteiger partial charge in [0.1, 0.15) is 0 Å². The largest absolute Gasteiger partial charge is 0.341 e. The Hall–Kier alpha value is -0.570. The van der Waals surface area contributed by atoms with E-state index in [1.54, 1.807) is 6.92 Å². The van der Waals surface area contributed by atoms with Crippen LogP contribution in [0.25, 0.3) is 0 Å². The van der Waals surface area contributed by atoms with Gasteiger partial charge in [0.15, 0.2) is 0 Å². The molecule has 0 aromatic rings. The van der Waals surface area contributed by atoms with E-state index in [2.05, 4.69) is 32.7 Å². The first-order valence-electron chi connectivity index (χ1n) is 5.31. The van der Waals surface area contributed by atoms with Crippen LogP contribution in [0.15, 0.2) is 0 Å². The Morgan fingerprint density at radius 3 is 2.36 bits per heavy atom. The maximum Gasteiger partial charge on any atom is 0.219 e. The van der Waals surface area contributed by atoms with Crippen molar-refractivity contribution in [1.82, 2.24) is 9.80 Å². The Morgan fingerprint density at radius 2 is 2.00 bits per heavy atom. The van der Waals surface area contributed by atoms with Gasteiger partial charge in [-0.15, -0.1) is 0 Å². The average molecular weight is 198 g/mol. The summed E-state index contributed by atoms with van der Waals surface area (Å²) in [4.78, 5) is 15.5. The number of hydrogen-bond acceptors (Lipinski definition) is 2. The van der Waals surface area contributed by atoms with Crippen LogP contribution in [0.5, 0.6) is 0 Å². The predicted octanol–water partition coefficient (Wildman–Crippen LogP) is 1.34. The van der Waals surface area contributed by atoms with Gasteiger partial charge in [0.25, 0.3) is 0 Å². The highest BCUT2D eigenvalue weighted by Crippen LogP contribution is 2.21. The van der Waals surface area contributed by atoms with E-state index < -0.39 is 0 Å². The maximum atomic E-state index is 11.2. The maximum absolute atomic E-state index is 11.2. The molecule has 0 bridgehead atoms. The SMILES string of the molecule is CC(=O)N1CC[C@@H](N(C)C(C)(C)C)C1. The normalized spacial score (nSPS) is 23.3. The molecule has 1 rings (SSSR count). The molecule has 82 valence electrons. The molecular formula is C11H22N2O. The van der Waals surface area contributed by atoms with Gasteiger partial charge in [0.05, 0.1) is 0 Å². The zero-order chi connectivity index (χ0) is 10.9. The highest BCUT2D eigenvalue weighted by molar-refractivity contribution is 5.73. The second-order valence-electron chi connectivity index (χ2n) is 5.19. The molecule has 0 aromatic carbocycles. The molecule has 3 heteroatoms. The fourth-order valence-electron chi connectivity index (χ4n) is 1.89. The number of nitrogens with zero attached hydrogens (tertiary/aromatic N) is 2. The summed E-state index contributed by atoms with van der Waals surface area (Å²) in [6.07, 6.45) is 1.10. The minimum Gasteiger partial charge on any atom is -0.341 e. The van der Waals surface area contributed by atoms with Crippen molar-refractivity contribution in [3.05, 3.63) is 0 Å². The monoisotopic (exact) mass is 198 g/mol. The molecule has 0 unspecified atom stereocenters. The lowest BCUT2D eigenvalue weighted by atomic mass is 10.0. The van der Waals surface area contributed by atoms with Gasteiger partial charge < -0.3 is 4.90 Å². The van der Waals surface area contributed by atoms with Crippen molar-refractivity contribution in [3.63, 3.8) is 0 Å². The van der Waals surface area contributed by atoms with E-state index in [1.807, 2.05) is 4.90 Å². The van der Waals surface area contributed by atoms with Crippen molar-refractivity contribution < 1.29 is 4.79 Å². The molecule has 0 spiro atoms. The highest BCUT2D eigenvalue weighted by atomic mass is 16.2. The Bertz CT molecular complexity index is 220. The second kappa shape index (κ2) is 3.89. The Kier molecular flexibility index (Phi) is 3.20. The van der Waals surface area contributed by atoms with Crippen molar-refractivity contribution in [2.24, 2.45) is 0 Å². The van der Waals surface area contributed by atoms with E-state index in [0.717, 1.165) is 19.5 Å². The predicted molar refractivity (Wildman–Crippen MR) is 58.2 cm³/mol. The third kappa shape index (κ3) is 2.47. The Labute approximate surface area is 87.1 Å². The van der Waals surface area contributed by atoms with Crippen LogP contribution >= 0.6 is 0 Å². The summed E-state index contributed by atoms with van der Waals surface area (Å²) in [5, 5.41) is 0. The molecule has 0 radical (unpaired) electrons. The van der Waals surface area contributed by atoms with Crippen molar-refractivity contribution in [2.75, 3.05) is 20.1 Å². The fraction of sp³-hybridized carbons (Fsp3) is 0.909. The molecule has 0 N–H and O–H groups in total. The van der Waals surface area contributed by atoms with Gasteiger partial charge in [-0.2, -0.15) is 0 Å². The Balaban J connectivity index is 2.54. The average Bonchev–Trinajstić information content (AvgIpc) is 2.48. The molecule has 1 heterocycles. The van der Waals surface area contributed by atoms with E-state index in [-0.39, 0.29) is 11.4 Å². The smallest absolute Gasteiger partial charge is 0.219 e. The zero-order valence-corrected chi connectivity index (χ0v) is 10.0. The van der Waals surface area contributed by atoms with Crippen LogP contribution in [-0.2, 0) is 4.79 Å². The molecular weight excluding hydrogens is 176 g/mol. The van der Waals surface area contributed by atoms with E-state index in [4.69, 9.17) is 0 Å². The van der Waals surface area contributed by atoms with Gasteiger partial charge in [-0.1, -0.05) is 0 Å². The quantitative estimate of drug-likeness (QED) is 0.635. The minimum atomic E-state index is 0.192. The molecule has 1 amide bonds. The minimum absolute atomic E-state index is 0.192. The first kappa shape index (κ1) is 11.5. The third-order valence-electron chi connectivity index (χ3n) is 3.21. The number of likely N-dealkylation sites (N-methyl/N-ethyl adjacent to an activating group) is 1. The molecule has 1 atom stereocenters. The van der Waals surface area contributed by atoms with Gasteiger partial charge in [0.2, 0.25) is 5.91 Å². The highest BCUT2D eigenvalue weighted by Gasteiger charge is 2.31. The van der Waals surface area contributed by atoms with E-state index in [1.165, 1.54) is 0 Å². The van der Waals surface area contributed by atoms with E-state index in [0.29, 0.717) is 6.04 Å². The van der Waals surface area contributed by atoms with Crippen LogP contribution in [-0.4, -0.2) is 47.4 Å². The van der Waals surface area contributed by atoms with Crippen LogP contribution in [0.1, 0.15) is 34.1 Å². The second-order valence-corrected chi connectivity index (χ2v) is 5.19. The number of hydrogen-bond donors (Lipinski definition) is 0. The standard InChI is InChI=1S/C11H22N2O/c1-9(14)13-7-6-10(8-13)12(5)11(2,3)4/h10H,6-8H2,1-5H3/t10-/m1/s1. The van der Waals surface area contributed by atoms with Gasteiger partial charge in [-0.25, -0.2) is 0 Å². The Morgan fingerprint density at radius 1 is 1.43 bits per heavy atom. The molecule has 1 aliphatic rings. The fourth-order valence-corrected chi connectivity index (χ4v) is 1.89. The van der Waals surface area contributed by atoms with Gasteiger partial charge in [-0.3, -0.25) is 9.69 Å². The van der Waals surface area contributed by atoms with E-state index in [9.17, 15) is 4.79 Å². The first-order valence-corrected chi connectivity index (χ1v) is 5.31. The van der Waals surface area contributed by atoms with Crippen molar-refractivity contribution in [2.45, 2.75) is 45.7 Å². The third-order valence-corrected chi connectivity index (χ3v) is 3.21. The molecule has 14 heavy (non-hydrogen) atoms. The summed E-state index contributed by atoms with van der Waals surface area (Å²) >= 11 is 0. The summed E-state index contributed by atoms with van der Waals surface area (Å²) in [7, 11) is 2.15. The lowest BCUT2D eigenvalue weighted by Gasteiger charge is -2.36. The van der Waals surface area contributed by atoms with Crippen LogP contribution in [0, 0.1) is 0 Å².